The number of nitrogens with one attached hydrogen (secondary N) is 1. The van der Waals surface area contributed by atoms with Crippen molar-refractivity contribution in [1.82, 2.24) is 9.55 Å². The summed E-state index contributed by atoms with van der Waals surface area (Å²) in [6, 6.07) is 17.4. The Labute approximate surface area is 189 Å². The average Bonchev–Trinajstić information content (AvgIpc) is 3.09. The number of hydrogen-bond acceptors (Lipinski definition) is 7. The fraction of sp³-hybridized carbons (Fsp3) is 0.304. The average molecular weight is 457 g/mol. The molecule has 1 saturated heterocycles. The number of aromatic nitrogens is 2. The molecule has 4 atom stereocenters. The number of hydrogen-bond donors (Lipinski definition) is 4. The normalized spacial score (nSPS) is 22.7. The SMILES string of the molecule is O=c1[nH]c(=S)c(Cc2cccc(OCc3ccccc3)c2)cn1[C@@H]1O[C@H](CO)[C@@H](O)[C@H]1O. The molecule has 2 heterocycles. The molecule has 1 fully saturated rings. The van der Waals surface area contributed by atoms with Gasteiger partial charge in [0.15, 0.2) is 6.23 Å². The van der Waals surface area contributed by atoms with Crippen LogP contribution in [0.3, 0.4) is 0 Å². The van der Waals surface area contributed by atoms with Gasteiger partial charge in [-0.1, -0.05) is 54.7 Å². The standard InChI is InChI=1S/C23H24N2O6S/c26-12-18-19(27)20(28)22(31-18)25-11-16(21(32)24-23(25)29)9-15-7-4-8-17(10-15)30-13-14-5-2-1-3-6-14/h1-8,10-11,18-20,22,26-28H,9,12-13H2,(H,24,29,32)/t18-,19-,20-,22-/m1/s1. The van der Waals surface area contributed by atoms with Crippen LogP contribution in [0.4, 0.5) is 0 Å². The summed E-state index contributed by atoms with van der Waals surface area (Å²) >= 11 is 5.33. The van der Waals surface area contributed by atoms with Gasteiger partial charge >= 0.3 is 5.69 Å². The molecule has 1 aromatic heterocycles. The zero-order chi connectivity index (χ0) is 22.7. The number of benzene rings is 2. The van der Waals surface area contributed by atoms with Gasteiger partial charge in [-0.05, 0) is 23.3 Å². The van der Waals surface area contributed by atoms with Gasteiger partial charge in [0.05, 0.1) is 6.61 Å². The van der Waals surface area contributed by atoms with Crippen LogP contribution in [0.1, 0.15) is 22.9 Å². The molecule has 4 rings (SSSR count). The van der Waals surface area contributed by atoms with Crippen molar-refractivity contribution in [3.63, 3.8) is 0 Å². The lowest BCUT2D eigenvalue weighted by Gasteiger charge is -2.18. The first-order valence-corrected chi connectivity index (χ1v) is 10.6. The van der Waals surface area contributed by atoms with E-state index in [2.05, 4.69) is 4.98 Å². The first-order valence-electron chi connectivity index (χ1n) is 10.2. The van der Waals surface area contributed by atoms with Crippen LogP contribution in [0.2, 0.25) is 0 Å². The minimum absolute atomic E-state index is 0.272. The van der Waals surface area contributed by atoms with E-state index in [-0.39, 0.29) is 4.64 Å². The zero-order valence-electron chi connectivity index (χ0n) is 17.1. The molecule has 9 heteroatoms. The lowest BCUT2D eigenvalue weighted by molar-refractivity contribution is -0.0551. The summed E-state index contributed by atoms with van der Waals surface area (Å²) in [6.45, 7) is -0.0323. The summed E-state index contributed by atoms with van der Waals surface area (Å²) < 4.78 is 12.8. The molecule has 1 aliphatic rings. The van der Waals surface area contributed by atoms with E-state index >= 15 is 0 Å². The van der Waals surface area contributed by atoms with Crippen molar-refractivity contribution in [2.24, 2.45) is 0 Å². The van der Waals surface area contributed by atoms with Crippen LogP contribution in [-0.4, -0.2) is 49.8 Å². The third kappa shape index (κ3) is 4.82. The molecule has 8 nitrogen and oxygen atoms in total. The molecular formula is C23H24N2O6S. The van der Waals surface area contributed by atoms with E-state index in [1.165, 1.54) is 6.20 Å². The number of ether oxygens (including phenoxy) is 2. The number of aliphatic hydroxyl groups excluding tert-OH is 3. The Hall–Kier alpha value is -2.82. The van der Waals surface area contributed by atoms with Crippen molar-refractivity contribution in [3.05, 3.63) is 92.6 Å². The van der Waals surface area contributed by atoms with E-state index in [0.717, 1.165) is 15.7 Å². The van der Waals surface area contributed by atoms with E-state index in [4.69, 9.17) is 21.7 Å². The van der Waals surface area contributed by atoms with Gasteiger partial charge in [-0.3, -0.25) is 9.55 Å². The van der Waals surface area contributed by atoms with Gasteiger partial charge in [0.1, 0.15) is 35.3 Å². The van der Waals surface area contributed by atoms with Crippen LogP contribution in [-0.2, 0) is 17.8 Å². The summed E-state index contributed by atoms with van der Waals surface area (Å²) in [6.07, 6.45) is -2.86. The number of aliphatic hydroxyl groups is 3. The zero-order valence-corrected chi connectivity index (χ0v) is 17.9. The van der Waals surface area contributed by atoms with Crippen LogP contribution in [0.5, 0.6) is 5.75 Å². The highest BCUT2D eigenvalue weighted by Crippen LogP contribution is 2.28. The Kier molecular flexibility index (Phi) is 6.83. The predicted molar refractivity (Wildman–Crippen MR) is 119 cm³/mol. The van der Waals surface area contributed by atoms with Crippen LogP contribution < -0.4 is 10.4 Å². The summed E-state index contributed by atoms with van der Waals surface area (Å²) in [5.41, 5.74) is 2.04. The van der Waals surface area contributed by atoms with Crippen LogP contribution in [0.25, 0.3) is 0 Å². The Morgan fingerprint density at radius 2 is 1.81 bits per heavy atom. The summed E-state index contributed by atoms with van der Waals surface area (Å²) in [5, 5.41) is 29.6. The molecule has 0 aliphatic carbocycles. The summed E-state index contributed by atoms with van der Waals surface area (Å²) in [4.78, 5) is 15.0. The molecule has 0 spiro atoms. The molecular weight excluding hydrogens is 432 g/mol. The van der Waals surface area contributed by atoms with Crippen molar-refractivity contribution in [3.8, 4) is 5.75 Å². The van der Waals surface area contributed by atoms with Crippen LogP contribution >= 0.6 is 12.2 Å². The molecule has 168 valence electrons. The van der Waals surface area contributed by atoms with E-state index in [0.29, 0.717) is 24.3 Å². The molecule has 0 amide bonds. The van der Waals surface area contributed by atoms with Gasteiger partial charge in [0.2, 0.25) is 0 Å². The fourth-order valence-electron chi connectivity index (χ4n) is 3.66. The lowest BCUT2D eigenvalue weighted by atomic mass is 10.1. The van der Waals surface area contributed by atoms with Crippen LogP contribution in [0, 0.1) is 4.64 Å². The van der Waals surface area contributed by atoms with Gasteiger partial charge in [-0.15, -0.1) is 0 Å². The minimum Gasteiger partial charge on any atom is -0.489 e. The molecule has 0 saturated carbocycles. The smallest absolute Gasteiger partial charge is 0.328 e. The Bertz CT molecular complexity index is 1180. The second-order valence-corrected chi connectivity index (χ2v) is 8.06. The van der Waals surface area contributed by atoms with E-state index in [9.17, 15) is 20.1 Å². The first kappa shape index (κ1) is 22.4. The Morgan fingerprint density at radius 1 is 1.06 bits per heavy atom. The van der Waals surface area contributed by atoms with E-state index < -0.39 is 36.8 Å². The topological polar surface area (TPSA) is 117 Å². The van der Waals surface area contributed by atoms with Gasteiger partial charge < -0.3 is 24.8 Å². The largest absolute Gasteiger partial charge is 0.489 e. The van der Waals surface area contributed by atoms with Gasteiger partial charge in [-0.2, -0.15) is 0 Å². The van der Waals surface area contributed by atoms with E-state index in [1.54, 1.807) is 0 Å². The predicted octanol–water partition coefficient (Wildman–Crippen LogP) is 1.69. The van der Waals surface area contributed by atoms with Crippen LogP contribution in [0.15, 0.2) is 65.6 Å². The molecule has 0 radical (unpaired) electrons. The molecule has 0 bridgehead atoms. The first-order chi connectivity index (χ1) is 15.5. The van der Waals surface area contributed by atoms with Crippen molar-refractivity contribution in [2.75, 3.05) is 6.61 Å². The number of aromatic amines is 1. The maximum atomic E-state index is 12.4. The lowest BCUT2D eigenvalue weighted by Crippen LogP contribution is -2.36. The fourth-order valence-corrected chi connectivity index (χ4v) is 3.87. The third-order valence-corrected chi connectivity index (χ3v) is 5.74. The highest BCUT2D eigenvalue weighted by atomic mass is 32.1. The maximum Gasteiger partial charge on any atom is 0.328 e. The van der Waals surface area contributed by atoms with Gasteiger partial charge in [0.25, 0.3) is 0 Å². The maximum absolute atomic E-state index is 12.4. The Morgan fingerprint density at radius 3 is 2.53 bits per heavy atom. The van der Waals surface area contributed by atoms with E-state index in [1.807, 2.05) is 54.6 Å². The monoisotopic (exact) mass is 456 g/mol. The van der Waals surface area contributed by atoms with Crippen molar-refractivity contribution in [2.45, 2.75) is 37.6 Å². The molecule has 1 aliphatic heterocycles. The highest BCUT2D eigenvalue weighted by molar-refractivity contribution is 7.71. The van der Waals surface area contributed by atoms with Crippen molar-refractivity contribution >= 4 is 12.2 Å². The molecule has 0 unspecified atom stereocenters. The molecule has 2 aromatic carbocycles. The molecule has 3 aromatic rings. The Balaban J connectivity index is 1.54. The van der Waals surface area contributed by atoms with Crippen molar-refractivity contribution < 1.29 is 24.8 Å². The quantitative estimate of drug-likeness (QED) is 0.400. The van der Waals surface area contributed by atoms with Gasteiger partial charge in [-0.25, -0.2) is 4.79 Å². The third-order valence-electron chi connectivity index (χ3n) is 5.37. The number of rotatable bonds is 7. The summed E-state index contributed by atoms with van der Waals surface area (Å²) in [7, 11) is 0. The number of H-pyrrole nitrogens is 1. The minimum atomic E-state index is -1.36. The second kappa shape index (κ2) is 9.76. The van der Waals surface area contributed by atoms with Crippen molar-refractivity contribution in [1.29, 1.82) is 0 Å². The summed E-state index contributed by atoms with van der Waals surface area (Å²) in [5.74, 6) is 0.707. The molecule has 4 N–H and O–H groups in total. The van der Waals surface area contributed by atoms with Gasteiger partial charge in [0, 0.05) is 18.2 Å². The highest BCUT2D eigenvalue weighted by Gasteiger charge is 2.43. The number of nitrogens with zero attached hydrogens (tertiary/aromatic N) is 1. The molecule has 32 heavy (non-hydrogen) atoms. The second-order valence-electron chi connectivity index (χ2n) is 7.65.